The maximum atomic E-state index is 12.9. The fourth-order valence-electron chi connectivity index (χ4n) is 5.54. The van der Waals surface area contributed by atoms with E-state index < -0.39 is 9.84 Å². The number of fused-ring (bicyclic) bond motifs is 1. The number of nitrogens with one attached hydrogen (secondary N) is 1. The maximum absolute atomic E-state index is 12.9. The molecule has 0 aliphatic heterocycles. The van der Waals surface area contributed by atoms with Gasteiger partial charge in [0.2, 0.25) is 5.95 Å². The van der Waals surface area contributed by atoms with Crippen LogP contribution in [0.25, 0.3) is 11.0 Å². The number of hydrogen-bond acceptors (Lipinski definition) is 7. The summed E-state index contributed by atoms with van der Waals surface area (Å²) in [5.41, 5.74) is 2.81. The van der Waals surface area contributed by atoms with Gasteiger partial charge in [-0.25, -0.2) is 13.4 Å². The lowest BCUT2D eigenvalue weighted by molar-refractivity contribution is 0.283. The molecule has 0 radical (unpaired) electrons. The van der Waals surface area contributed by atoms with Gasteiger partial charge in [-0.05, 0) is 49.8 Å². The van der Waals surface area contributed by atoms with Crippen molar-refractivity contribution in [3.63, 3.8) is 0 Å². The van der Waals surface area contributed by atoms with Gasteiger partial charge in [0.15, 0.2) is 0 Å². The molecule has 2 saturated carbocycles. The van der Waals surface area contributed by atoms with Crippen LogP contribution in [0.3, 0.4) is 0 Å². The monoisotopic (exact) mass is 505 g/mol. The third kappa shape index (κ3) is 4.96. The molecule has 0 atom stereocenters. The van der Waals surface area contributed by atoms with Crippen molar-refractivity contribution in [3.05, 3.63) is 52.4 Å². The van der Waals surface area contributed by atoms with E-state index in [4.69, 9.17) is 11.4 Å². The molecular weight excluding hydrogens is 474 g/mol. The van der Waals surface area contributed by atoms with Gasteiger partial charge < -0.3 is 10.2 Å². The topological polar surface area (TPSA) is 97.2 Å². The molecule has 188 valence electrons. The highest BCUT2D eigenvalue weighted by Gasteiger charge is 2.34. The summed E-state index contributed by atoms with van der Waals surface area (Å²) in [5.74, 6) is 3.49. The van der Waals surface area contributed by atoms with E-state index >= 15 is 0 Å². The molecule has 1 aromatic carbocycles. The number of rotatable bonds is 7. The number of anilines is 3. The fourth-order valence-corrected chi connectivity index (χ4v) is 6.67. The molecule has 0 saturated heterocycles. The largest absolute Gasteiger partial charge is 0.372 e. The Labute approximate surface area is 211 Å². The Balaban J connectivity index is 1.39. The molecule has 3 aromatic rings. The zero-order chi connectivity index (χ0) is 25.4. The summed E-state index contributed by atoms with van der Waals surface area (Å²) in [6, 6.07) is 9.92. The lowest BCUT2D eigenvalue weighted by atomic mass is 9.80. The molecule has 2 heterocycles. The minimum Gasteiger partial charge on any atom is -0.372 e. The zero-order valence-electron chi connectivity index (χ0n) is 20.6. The van der Waals surface area contributed by atoms with Crippen molar-refractivity contribution in [2.45, 2.75) is 50.6 Å². The number of pyridine rings is 1. The highest BCUT2D eigenvalue weighted by atomic mass is 32.2. The van der Waals surface area contributed by atoms with Crippen LogP contribution in [0.2, 0.25) is 0 Å². The van der Waals surface area contributed by atoms with E-state index in [2.05, 4.69) is 21.1 Å². The van der Waals surface area contributed by atoms with Gasteiger partial charge in [-0.1, -0.05) is 24.8 Å². The van der Waals surface area contributed by atoms with E-state index in [-0.39, 0.29) is 23.3 Å². The first kappa shape index (κ1) is 24.3. The Hall–Kier alpha value is -3.38. The van der Waals surface area contributed by atoms with Gasteiger partial charge >= 0.3 is 0 Å². The first-order chi connectivity index (χ1) is 17.2. The summed E-state index contributed by atoms with van der Waals surface area (Å²) in [6.07, 6.45) is 14.5. The molecule has 1 N–H and O–H groups in total. The van der Waals surface area contributed by atoms with Crippen molar-refractivity contribution in [2.24, 2.45) is 5.92 Å². The first-order valence-corrected chi connectivity index (χ1v) is 14.4. The molecule has 0 amide bonds. The van der Waals surface area contributed by atoms with Crippen LogP contribution in [0.4, 0.5) is 17.3 Å². The second-order valence-corrected chi connectivity index (χ2v) is 12.3. The third-order valence-electron chi connectivity index (χ3n) is 7.44. The maximum Gasteiger partial charge on any atom is 0.253 e. The van der Waals surface area contributed by atoms with Crippen molar-refractivity contribution in [2.75, 3.05) is 29.3 Å². The number of hydrogen-bond donors (Lipinski definition) is 1. The number of terminal acetylenes is 1. The van der Waals surface area contributed by atoms with Crippen LogP contribution in [0.1, 0.15) is 50.1 Å². The number of benzene rings is 1. The lowest BCUT2D eigenvalue weighted by Crippen LogP contribution is -2.44. The van der Waals surface area contributed by atoms with Gasteiger partial charge in [0.25, 0.3) is 5.56 Å². The molecule has 36 heavy (non-hydrogen) atoms. The van der Waals surface area contributed by atoms with Crippen LogP contribution in [0.5, 0.6) is 0 Å². The number of aromatic nitrogens is 3. The molecule has 2 aliphatic carbocycles. The van der Waals surface area contributed by atoms with Gasteiger partial charge in [0.1, 0.15) is 15.5 Å². The summed E-state index contributed by atoms with van der Waals surface area (Å²) in [6.45, 7) is 0. The van der Waals surface area contributed by atoms with Crippen LogP contribution < -0.4 is 15.8 Å². The summed E-state index contributed by atoms with van der Waals surface area (Å²) in [5, 5.41) is 3.99. The van der Waals surface area contributed by atoms with Crippen molar-refractivity contribution in [1.29, 1.82) is 0 Å². The Bertz CT molecular complexity index is 1500. The summed E-state index contributed by atoms with van der Waals surface area (Å²) in [4.78, 5) is 24.4. The van der Waals surface area contributed by atoms with Crippen LogP contribution in [0, 0.1) is 18.3 Å². The minimum atomic E-state index is -2.95. The fraction of sp³-hybridized carbons (Fsp3) is 0.444. The van der Waals surface area contributed by atoms with Gasteiger partial charge in [0.05, 0.1) is 11.1 Å². The minimum absolute atomic E-state index is 0.120. The molecule has 0 unspecified atom stereocenters. The summed E-state index contributed by atoms with van der Waals surface area (Å²) < 4.78 is 24.9. The average molecular weight is 506 g/mol. The molecule has 0 bridgehead atoms. The quantitative estimate of drug-likeness (QED) is 0.487. The second-order valence-electron chi connectivity index (χ2n) is 10.1. The van der Waals surface area contributed by atoms with Gasteiger partial charge in [-0.2, -0.15) is 4.98 Å². The summed E-state index contributed by atoms with van der Waals surface area (Å²) >= 11 is 0. The highest BCUT2D eigenvalue weighted by Crippen LogP contribution is 2.35. The van der Waals surface area contributed by atoms with E-state index in [1.165, 1.54) is 12.3 Å². The van der Waals surface area contributed by atoms with Gasteiger partial charge in [-0.15, -0.1) is 6.42 Å². The van der Waals surface area contributed by atoms with Crippen molar-refractivity contribution in [3.8, 4) is 12.3 Å². The van der Waals surface area contributed by atoms with Gasteiger partial charge in [0, 0.05) is 54.6 Å². The predicted octanol–water partition coefficient (Wildman–Crippen LogP) is 3.89. The van der Waals surface area contributed by atoms with Crippen molar-refractivity contribution >= 4 is 38.2 Å². The predicted molar refractivity (Wildman–Crippen MR) is 144 cm³/mol. The van der Waals surface area contributed by atoms with Crippen LogP contribution in [-0.2, 0) is 9.84 Å². The van der Waals surface area contributed by atoms with Crippen molar-refractivity contribution in [1.82, 2.24) is 14.5 Å². The standard InChI is InChI=1S/C27H31N5O3S/c1-4-19-14-25(33)32(21-9-5-6-10-21)26-24(19)16-28-27(30-26)29-20-8-7-11-22(15-20)31(2)23-12-18(13-23)17-36(3,34)35/h1,7-8,11,14-16,18,21,23H,5-6,9-10,12-13,17H2,2-3H3,(H,28,29,30). The van der Waals surface area contributed by atoms with Crippen LogP contribution in [0.15, 0.2) is 41.3 Å². The van der Waals surface area contributed by atoms with E-state index in [1.54, 1.807) is 10.8 Å². The molecule has 8 nitrogen and oxygen atoms in total. The first-order valence-electron chi connectivity index (χ1n) is 12.4. The van der Waals surface area contributed by atoms with Gasteiger partial charge in [-0.3, -0.25) is 9.36 Å². The Kier molecular flexibility index (Phi) is 6.47. The van der Waals surface area contributed by atoms with Crippen LogP contribution in [-0.4, -0.2) is 48.1 Å². The lowest BCUT2D eigenvalue weighted by Gasteiger charge is -2.42. The van der Waals surface area contributed by atoms with E-state index in [9.17, 15) is 13.2 Å². The molecule has 2 aliphatic rings. The normalized spacial score (nSPS) is 20.1. The zero-order valence-corrected chi connectivity index (χ0v) is 21.5. The number of sulfone groups is 1. The van der Waals surface area contributed by atoms with E-state index in [0.717, 1.165) is 49.9 Å². The van der Waals surface area contributed by atoms with Crippen LogP contribution >= 0.6 is 0 Å². The second kappa shape index (κ2) is 9.58. The smallest absolute Gasteiger partial charge is 0.253 e. The SMILES string of the molecule is C#Cc1cc(=O)n(C2CCCC2)c2nc(Nc3cccc(N(C)C4CC(CS(C)(=O)=O)C4)c3)ncc12. The average Bonchev–Trinajstić information content (AvgIpc) is 3.34. The summed E-state index contributed by atoms with van der Waals surface area (Å²) in [7, 11) is -0.909. The molecule has 2 aromatic heterocycles. The number of nitrogens with zero attached hydrogens (tertiary/aromatic N) is 4. The van der Waals surface area contributed by atoms with E-state index in [1.807, 2.05) is 31.3 Å². The van der Waals surface area contributed by atoms with Crippen molar-refractivity contribution < 1.29 is 8.42 Å². The van der Waals surface area contributed by atoms with E-state index in [0.29, 0.717) is 28.6 Å². The molecule has 0 spiro atoms. The third-order valence-corrected chi connectivity index (χ3v) is 8.52. The Morgan fingerprint density at radius 3 is 2.67 bits per heavy atom. The Morgan fingerprint density at radius 1 is 1.22 bits per heavy atom. The highest BCUT2D eigenvalue weighted by molar-refractivity contribution is 7.90. The molecule has 5 rings (SSSR count). The molecule has 9 heteroatoms. The Morgan fingerprint density at radius 2 is 1.97 bits per heavy atom. The molecular formula is C27H31N5O3S. The molecule has 2 fully saturated rings.